The molecule has 2 N–H and O–H groups in total. The Labute approximate surface area is 86.7 Å². The van der Waals surface area contributed by atoms with Crippen molar-refractivity contribution in [2.24, 2.45) is 0 Å². The van der Waals surface area contributed by atoms with Gasteiger partial charge in [-0.2, -0.15) is 8.42 Å². The zero-order valence-corrected chi connectivity index (χ0v) is 3.34. The molecule has 8 heavy (non-hydrogen) atoms. The van der Waals surface area contributed by atoms with Gasteiger partial charge >= 0.3 is 48.1 Å². The Morgan fingerprint density at radius 1 is 1.12 bits per heavy atom. The summed E-state index contributed by atoms with van der Waals surface area (Å²) in [5.74, 6) is 0. The van der Waals surface area contributed by atoms with E-state index < -0.39 is 10.4 Å². The predicted molar refractivity (Wildman–Crippen MR) is 35.2 cm³/mol. The summed E-state index contributed by atoms with van der Waals surface area (Å²) < 4.78 is 31.6. The third kappa shape index (κ3) is 130. The molecule has 0 rings (SSSR count). The summed E-state index contributed by atoms with van der Waals surface area (Å²) in [6, 6.07) is 0. The normalized spacial score (nSPS) is 7.25. The van der Waals surface area contributed by atoms with Gasteiger partial charge in [0.2, 0.25) is 0 Å². The molecule has 0 heterocycles. The van der Waals surface area contributed by atoms with E-state index in [0.29, 0.717) is 0 Å². The topological polar surface area (TPSA) is 74.6 Å². The first-order valence-corrected chi connectivity index (χ1v) is 2.10. The average Bonchev–Trinajstić information content (AvgIpc) is 0.722. The second kappa shape index (κ2) is 8.59. The first-order chi connectivity index (χ1) is 2.00. The minimum atomic E-state index is -4.67. The Morgan fingerprint density at radius 2 is 1.12 bits per heavy atom. The second-order valence-electron chi connectivity index (χ2n) is 0.448. The van der Waals surface area contributed by atoms with Gasteiger partial charge < -0.3 is 0 Å². The van der Waals surface area contributed by atoms with E-state index in [-0.39, 0.29) is 59.8 Å². The van der Waals surface area contributed by atoms with Crippen molar-refractivity contribution in [3.63, 3.8) is 0 Å². The van der Waals surface area contributed by atoms with Gasteiger partial charge in [-0.1, -0.05) is 0 Å². The molecule has 0 aliphatic heterocycles. The first-order valence-electron chi connectivity index (χ1n) is 0.698. The van der Waals surface area contributed by atoms with Crippen LogP contribution in [0.3, 0.4) is 0 Å². The second-order valence-corrected chi connectivity index (χ2v) is 1.34. The van der Waals surface area contributed by atoms with Gasteiger partial charge in [0.15, 0.2) is 17.4 Å². The molecular formula is H8AlCaFO4S. The van der Waals surface area contributed by atoms with E-state index in [1.165, 1.54) is 0 Å². The third-order valence-electron chi connectivity index (χ3n) is 0. The molecule has 0 saturated carbocycles. The summed E-state index contributed by atoms with van der Waals surface area (Å²) in [5, 5.41) is 0. The SMILES string of the molecule is F.O=S(=O)(O)O.[AlH3].[CaH2]. The molecule has 0 aliphatic carbocycles. The molecule has 0 aromatic rings. The van der Waals surface area contributed by atoms with E-state index in [9.17, 15) is 0 Å². The zero-order valence-electron chi connectivity index (χ0n) is 2.53. The maximum absolute atomic E-state index is 8.74. The van der Waals surface area contributed by atoms with Crippen molar-refractivity contribution in [1.29, 1.82) is 0 Å². The van der Waals surface area contributed by atoms with Crippen LogP contribution in [0, 0.1) is 0 Å². The molecule has 0 fully saturated rings. The number of halogens is 1. The van der Waals surface area contributed by atoms with E-state index in [1.54, 1.807) is 0 Å². The summed E-state index contributed by atoms with van der Waals surface area (Å²) >= 11 is 0. The van der Waals surface area contributed by atoms with Gasteiger partial charge in [-0.3, -0.25) is 13.8 Å². The van der Waals surface area contributed by atoms with Gasteiger partial charge in [0.05, 0.1) is 0 Å². The van der Waals surface area contributed by atoms with Gasteiger partial charge in [0, 0.05) is 0 Å². The molecule has 0 spiro atoms. The van der Waals surface area contributed by atoms with E-state index in [0.717, 1.165) is 0 Å². The summed E-state index contributed by atoms with van der Waals surface area (Å²) in [7, 11) is -4.67. The standard InChI is InChI=1S/Al.Ca.FH.H2O4S.5H/c;;;1-5(2,3)4;;;;;/h;;1H;(H2,1,2,3,4);;;;;. The van der Waals surface area contributed by atoms with Crippen molar-refractivity contribution in [1.82, 2.24) is 0 Å². The maximum atomic E-state index is 8.74. The van der Waals surface area contributed by atoms with Crippen molar-refractivity contribution in [3.8, 4) is 0 Å². The monoisotopic (exact) mass is 190 g/mol. The van der Waals surface area contributed by atoms with Gasteiger partial charge in [-0.05, 0) is 0 Å². The van der Waals surface area contributed by atoms with E-state index in [2.05, 4.69) is 0 Å². The minimum absolute atomic E-state index is 0. The van der Waals surface area contributed by atoms with Gasteiger partial charge in [-0.25, -0.2) is 0 Å². The summed E-state index contributed by atoms with van der Waals surface area (Å²) in [4.78, 5) is 0. The van der Waals surface area contributed by atoms with Crippen LogP contribution in [0.2, 0.25) is 0 Å². The van der Waals surface area contributed by atoms with E-state index >= 15 is 0 Å². The van der Waals surface area contributed by atoms with Crippen LogP contribution in [0.25, 0.3) is 0 Å². The number of hydrogen-bond donors (Lipinski definition) is 2. The first kappa shape index (κ1) is 22.6. The van der Waals surface area contributed by atoms with Crippen LogP contribution >= 0.6 is 0 Å². The Bertz CT molecular complexity index is 99.2. The van der Waals surface area contributed by atoms with Crippen LogP contribution in [-0.4, -0.2) is 72.6 Å². The molecule has 0 aliphatic rings. The van der Waals surface area contributed by atoms with Crippen LogP contribution in [0.15, 0.2) is 0 Å². The van der Waals surface area contributed by atoms with Gasteiger partial charge in [0.1, 0.15) is 0 Å². The average molecular weight is 190 g/mol. The van der Waals surface area contributed by atoms with Crippen LogP contribution < -0.4 is 0 Å². The van der Waals surface area contributed by atoms with Crippen molar-refractivity contribution in [2.45, 2.75) is 0 Å². The molecule has 0 radical (unpaired) electrons. The van der Waals surface area contributed by atoms with E-state index in [4.69, 9.17) is 17.5 Å². The molecule has 8 heteroatoms. The van der Waals surface area contributed by atoms with Crippen LogP contribution in [0.5, 0.6) is 0 Å². The molecule has 0 aromatic carbocycles. The van der Waals surface area contributed by atoms with Crippen molar-refractivity contribution >= 4 is 65.5 Å². The molecule has 4 nitrogen and oxygen atoms in total. The Kier molecular flexibility index (Phi) is 24.3. The molecule has 0 atom stereocenters. The molecule has 0 aromatic heterocycles. The third-order valence-corrected chi connectivity index (χ3v) is 0. The Hall–Kier alpha value is 1.59. The molecule has 0 amide bonds. The Balaban J connectivity index is -0.0000000267. The molecule has 50 valence electrons. The molecule has 0 bridgehead atoms. The molecule has 0 saturated heterocycles. The molecule has 0 unspecified atom stereocenters. The van der Waals surface area contributed by atoms with Crippen LogP contribution in [0.4, 0.5) is 4.70 Å². The van der Waals surface area contributed by atoms with Crippen LogP contribution in [-0.2, 0) is 10.4 Å². The van der Waals surface area contributed by atoms with Gasteiger partial charge in [0.25, 0.3) is 0 Å². The summed E-state index contributed by atoms with van der Waals surface area (Å²) in [6.07, 6.45) is 0. The van der Waals surface area contributed by atoms with E-state index in [1.807, 2.05) is 0 Å². The zero-order chi connectivity index (χ0) is 4.50. The predicted octanol–water partition coefficient (Wildman–Crippen LogP) is -2.60. The number of hydrogen-bond acceptors (Lipinski definition) is 2. The molecular weight excluding hydrogens is 182 g/mol. The summed E-state index contributed by atoms with van der Waals surface area (Å²) in [6.45, 7) is 0. The Morgan fingerprint density at radius 3 is 1.12 bits per heavy atom. The quantitative estimate of drug-likeness (QED) is 0.324. The van der Waals surface area contributed by atoms with Crippen molar-refractivity contribution in [3.05, 3.63) is 0 Å². The fourth-order valence-electron chi connectivity index (χ4n) is 0. The van der Waals surface area contributed by atoms with Crippen molar-refractivity contribution in [2.75, 3.05) is 0 Å². The summed E-state index contributed by atoms with van der Waals surface area (Å²) in [5.41, 5.74) is 0. The van der Waals surface area contributed by atoms with Gasteiger partial charge in [-0.15, -0.1) is 0 Å². The van der Waals surface area contributed by atoms with Crippen LogP contribution in [0.1, 0.15) is 0 Å². The van der Waals surface area contributed by atoms with Crippen molar-refractivity contribution < 1.29 is 22.2 Å². The fourth-order valence-corrected chi connectivity index (χ4v) is 0. The number of rotatable bonds is 0. The fraction of sp³-hybridized carbons (Fsp3) is 0.